The largest absolute Gasteiger partial charge is 0.508 e. The molecule has 0 bridgehead atoms. The average Bonchev–Trinajstić information content (AvgIpc) is 2.43. The van der Waals surface area contributed by atoms with Gasteiger partial charge in [-0.15, -0.1) is 0 Å². The molecule has 0 spiro atoms. The predicted molar refractivity (Wildman–Crippen MR) is 78.6 cm³/mol. The fourth-order valence-corrected chi connectivity index (χ4v) is 2.77. The summed E-state index contributed by atoms with van der Waals surface area (Å²) < 4.78 is 5.74. The molecule has 1 unspecified atom stereocenters. The topological polar surface area (TPSA) is 66.8 Å². The summed E-state index contributed by atoms with van der Waals surface area (Å²) in [5.41, 5.74) is 1.02. The maximum absolute atomic E-state index is 12.1. The molecule has 2 N–H and O–H groups in total. The molecule has 0 amide bonds. The molecular formula is C15H10Cl2O4. The number of phenolic OH excluding ortho intramolecular Hbond substituents is 2. The van der Waals surface area contributed by atoms with E-state index < -0.39 is 6.10 Å². The lowest BCUT2D eigenvalue weighted by Crippen LogP contribution is -2.20. The van der Waals surface area contributed by atoms with Crippen LogP contribution in [0.2, 0.25) is 10.0 Å². The smallest absolute Gasteiger partial charge is 0.170 e. The molecule has 0 fully saturated rings. The fraction of sp³-hybridized carbons (Fsp3) is 0.133. The summed E-state index contributed by atoms with van der Waals surface area (Å²) in [6.07, 6.45) is -0.433. The SMILES string of the molecule is O=C1CC(c2cc(Cl)c(O)c(Cl)c2)Oc2cc(O)ccc21. The van der Waals surface area contributed by atoms with Gasteiger partial charge in [0.1, 0.15) is 17.6 Å². The van der Waals surface area contributed by atoms with Crippen LogP contribution in [0.5, 0.6) is 17.2 Å². The van der Waals surface area contributed by atoms with Crippen molar-refractivity contribution in [1.29, 1.82) is 0 Å². The Bertz CT molecular complexity index is 719. The first-order valence-electron chi connectivity index (χ1n) is 6.16. The number of phenols is 2. The number of fused-ring (bicyclic) bond motifs is 1. The molecule has 4 nitrogen and oxygen atoms in total. The summed E-state index contributed by atoms with van der Waals surface area (Å²) in [4.78, 5) is 12.1. The number of hydrogen-bond donors (Lipinski definition) is 2. The summed E-state index contributed by atoms with van der Waals surface area (Å²) >= 11 is 11.8. The highest BCUT2D eigenvalue weighted by Gasteiger charge is 2.28. The van der Waals surface area contributed by atoms with Gasteiger partial charge >= 0.3 is 0 Å². The molecular weight excluding hydrogens is 315 g/mol. The third-order valence-corrected chi connectivity index (χ3v) is 3.89. The third-order valence-electron chi connectivity index (χ3n) is 3.32. The van der Waals surface area contributed by atoms with Gasteiger partial charge in [-0.05, 0) is 29.8 Å². The van der Waals surface area contributed by atoms with Gasteiger partial charge in [0.15, 0.2) is 11.5 Å². The molecule has 108 valence electrons. The fourth-order valence-electron chi connectivity index (χ4n) is 2.27. The first kappa shape index (κ1) is 14.0. The number of Topliss-reactive ketones (excluding diaryl/α,β-unsaturated/α-hetero) is 1. The number of carbonyl (C=O) groups excluding carboxylic acids is 1. The Morgan fingerprint density at radius 1 is 1.10 bits per heavy atom. The lowest BCUT2D eigenvalue weighted by Gasteiger charge is -2.26. The second kappa shape index (κ2) is 5.13. The van der Waals surface area contributed by atoms with E-state index >= 15 is 0 Å². The Morgan fingerprint density at radius 3 is 2.43 bits per heavy atom. The molecule has 0 radical (unpaired) electrons. The number of hydrogen-bond acceptors (Lipinski definition) is 4. The average molecular weight is 325 g/mol. The van der Waals surface area contributed by atoms with Crippen LogP contribution in [0.15, 0.2) is 30.3 Å². The first-order chi connectivity index (χ1) is 9.95. The van der Waals surface area contributed by atoms with Gasteiger partial charge in [-0.2, -0.15) is 0 Å². The van der Waals surface area contributed by atoms with Crippen molar-refractivity contribution in [3.63, 3.8) is 0 Å². The second-order valence-electron chi connectivity index (χ2n) is 4.75. The van der Waals surface area contributed by atoms with E-state index in [1.54, 1.807) is 0 Å². The molecule has 0 saturated carbocycles. The van der Waals surface area contributed by atoms with Crippen molar-refractivity contribution in [3.05, 3.63) is 51.5 Å². The standard InChI is InChI=1S/C15H10Cl2O4/c16-10-3-7(4-11(17)15(10)20)13-6-12(19)9-2-1-8(18)5-14(9)21-13/h1-5,13,18,20H,6H2. The minimum absolute atomic E-state index is 0.0176. The number of halogens is 2. The Labute approximate surface area is 130 Å². The zero-order valence-electron chi connectivity index (χ0n) is 10.6. The van der Waals surface area contributed by atoms with Crippen molar-refractivity contribution in [2.45, 2.75) is 12.5 Å². The van der Waals surface area contributed by atoms with Crippen molar-refractivity contribution in [2.24, 2.45) is 0 Å². The Balaban J connectivity index is 2.01. The molecule has 2 aromatic rings. The number of ketones is 1. The van der Waals surface area contributed by atoms with Crippen LogP contribution < -0.4 is 4.74 Å². The van der Waals surface area contributed by atoms with E-state index in [1.165, 1.54) is 30.3 Å². The van der Waals surface area contributed by atoms with Gasteiger partial charge in [-0.1, -0.05) is 23.2 Å². The van der Waals surface area contributed by atoms with E-state index in [-0.39, 0.29) is 33.7 Å². The zero-order valence-corrected chi connectivity index (χ0v) is 12.1. The lowest BCUT2D eigenvalue weighted by atomic mass is 9.96. The van der Waals surface area contributed by atoms with Crippen molar-refractivity contribution in [2.75, 3.05) is 0 Å². The lowest BCUT2D eigenvalue weighted by molar-refractivity contribution is 0.0849. The van der Waals surface area contributed by atoms with Crippen LogP contribution in [0.3, 0.4) is 0 Å². The number of ether oxygens (including phenoxy) is 1. The third kappa shape index (κ3) is 2.52. The molecule has 1 aliphatic heterocycles. The highest BCUT2D eigenvalue weighted by atomic mass is 35.5. The summed E-state index contributed by atoms with van der Waals surface area (Å²) in [5, 5.41) is 19.2. The van der Waals surface area contributed by atoms with Crippen LogP contribution in [-0.4, -0.2) is 16.0 Å². The summed E-state index contributed by atoms with van der Waals surface area (Å²) in [7, 11) is 0. The van der Waals surface area contributed by atoms with Crippen LogP contribution in [0.1, 0.15) is 28.4 Å². The molecule has 3 rings (SSSR count). The monoisotopic (exact) mass is 324 g/mol. The highest BCUT2D eigenvalue weighted by molar-refractivity contribution is 6.37. The molecule has 2 aromatic carbocycles. The van der Waals surface area contributed by atoms with Crippen molar-refractivity contribution < 1.29 is 19.7 Å². The van der Waals surface area contributed by atoms with Gasteiger partial charge in [0.25, 0.3) is 0 Å². The molecule has 21 heavy (non-hydrogen) atoms. The minimum atomic E-state index is -0.567. The minimum Gasteiger partial charge on any atom is -0.508 e. The van der Waals surface area contributed by atoms with Crippen molar-refractivity contribution in [3.8, 4) is 17.2 Å². The number of aromatic hydroxyl groups is 2. The zero-order chi connectivity index (χ0) is 15.1. The van der Waals surface area contributed by atoms with Crippen LogP contribution >= 0.6 is 23.2 Å². The molecule has 0 aromatic heterocycles. The molecule has 1 heterocycles. The number of benzene rings is 2. The maximum Gasteiger partial charge on any atom is 0.170 e. The predicted octanol–water partition coefficient (Wildman–Crippen LogP) is 4.11. The Morgan fingerprint density at radius 2 is 1.76 bits per heavy atom. The molecule has 6 heteroatoms. The molecule has 1 atom stereocenters. The molecule has 0 aliphatic carbocycles. The van der Waals surface area contributed by atoms with Gasteiger partial charge < -0.3 is 14.9 Å². The van der Waals surface area contributed by atoms with E-state index in [4.69, 9.17) is 27.9 Å². The maximum atomic E-state index is 12.1. The van der Waals surface area contributed by atoms with Gasteiger partial charge in [0, 0.05) is 6.07 Å². The summed E-state index contributed by atoms with van der Waals surface area (Å²) in [6, 6.07) is 7.38. The Hall–Kier alpha value is -1.91. The van der Waals surface area contributed by atoms with Crippen LogP contribution in [-0.2, 0) is 0 Å². The quantitative estimate of drug-likeness (QED) is 0.828. The van der Waals surface area contributed by atoms with E-state index in [0.29, 0.717) is 16.9 Å². The second-order valence-corrected chi connectivity index (χ2v) is 5.56. The van der Waals surface area contributed by atoms with Gasteiger partial charge in [-0.25, -0.2) is 0 Å². The van der Waals surface area contributed by atoms with Crippen molar-refractivity contribution in [1.82, 2.24) is 0 Å². The molecule has 1 aliphatic rings. The summed E-state index contributed by atoms with van der Waals surface area (Å²) in [6.45, 7) is 0. The van der Waals surface area contributed by atoms with E-state index in [0.717, 1.165) is 0 Å². The normalized spacial score (nSPS) is 17.2. The van der Waals surface area contributed by atoms with Gasteiger partial charge in [0.05, 0.1) is 22.0 Å². The summed E-state index contributed by atoms with van der Waals surface area (Å²) in [5.74, 6) is 0.0318. The molecule has 0 saturated heterocycles. The van der Waals surface area contributed by atoms with Gasteiger partial charge in [-0.3, -0.25) is 4.79 Å². The highest BCUT2D eigenvalue weighted by Crippen LogP contribution is 2.40. The first-order valence-corrected chi connectivity index (χ1v) is 6.92. The van der Waals surface area contributed by atoms with Crippen molar-refractivity contribution >= 4 is 29.0 Å². The number of carbonyl (C=O) groups is 1. The van der Waals surface area contributed by atoms with Gasteiger partial charge in [0.2, 0.25) is 0 Å². The van der Waals surface area contributed by atoms with Crippen LogP contribution in [0.25, 0.3) is 0 Å². The number of rotatable bonds is 1. The van der Waals surface area contributed by atoms with Crippen LogP contribution in [0.4, 0.5) is 0 Å². The Kier molecular flexibility index (Phi) is 3.43. The van der Waals surface area contributed by atoms with E-state index in [2.05, 4.69) is 0 Å². The van der Waals surface area contributed by atoms with Crippen LogP contribution in [0, 0.1) is 0 Å². The van der Waals surface area contributed by atoms with E-state index in [9.17, 15) is 15.0 Å². The van der Waals surface area contributed by atoms with E-state index in [1.807, 2.05) is 0 Å².